The van der Waals surface area contributed by atoms with Gasteiger partial charge in [0.1, 0.15) is 23.0 Å². The molecule has 0 radical (unpaired) electrons. The van der Waals surface area contributed by atoms with Crippen molar-refractivity contribution < 1.29 is 32.3 Å². The first-order valence-electron chi connectivity index (χ1n) is 6.04. The highest BCUT2D eigenvalue weighted by atomic mass is 19.2. The summed E-state index contributed by atoms with van der Waals surface area (Å²) in [7, 11) is 0. The van der Waals surface area contributed by atoms with Crippen LogP contribution < -0.4 is 5.32 Å². The van der Waals surface area contributed by atoms with Crippen LogP contribution >= 0.6 is 0 Å². The van der Waals surface area contributed by atoms with Crippen molar-refractivity contribution in [3.63, 3.8) is 0 Å². The highest BCUT2D eigenvalue weighted by Gasteiger charge is 2.33. The highest BCUT2D eigenvalue weighted by molar-refractivity contribution is 6.17. The third-order valence-corrected chi connectivity index (χ3v) is 2.97. The van der Waals surface area contributed by atoms with Crippen molar-refractivity contribution in [1.29, 1.82) is 5.26 Å². The van der Waals surface area contributed by atoms with Crippen LogP contribution in [0.2, 0.25) is 0 Å². The maximum atomic E-state index is 13.7. The largest absolute Gasteiger partial charge is 0.395 e. The predicted molar refractivity (Wildman–Crippen MR) is 66.5 cm³/mol. The molecule has 0 unspecified atom stereocenters. The third-order valence-electron chi connectivity index (χ3n) is 2.97. The van der Waals surface area contributed by atoms with Crippen LogP contribution in [0.3, 0.4) is 0 Å². The third kappa shape index (κ3) is 2.62. The van der Waals surface area contributed by atoms with E-state index < -0.39 is 58.6 Å². The Hall–Kier alpha value is -2.93. The Balaban J connectivity index is 2.43. The second-order valence-corrected chi connectivity index (χ2v) is 4.32. The number of halogens is 4. The number of nitrogens with zero attached hydrogens (tertiary/aromatic N) is 2. The van der Waals surface area contributed by atoms with E-state index in [1.807, 2.05) is 5.32 Å². The molecule has 0 atom stereocenters. The minimum Gasteiger partial charge on any atom is -0.395 e. The second kappa shape index (κ2) is 6.05. The maximum Gasteiger partial charge on any atom is 0.277 e. The molecule has 0 saturated carbocycles. The average Bonchev–Trinajstić information content (AvgIpc) is 2.78. The smallest absolute Gasteiger partial charge is 0.277 e. The van der Waals surface area contributed by atoms with Gasteiger partial charge < -0.3 is 10.4 Å². The quantitative estimate of drug-likeness (QED) is 0.483. The van der Waals surface area contributed by atoms with Crippen LogP contribution in [0.15, 0.2) is 11.8 Å². The molecular formula is C13H7F4N3O3. The Morgan fingerprint density at radius 2 is 1.70 bits per heavy atom. The Morgan fingerprint density at radius 3 is 2.17 bits per heavy atom. The first-order chi connectivity index (χ1) is 10.8. The minimum atomic E-state index is -1.93. The van der Waals surface area contributed by atoms with Gasteiger partial charge in [0.25, 0.3) is 11.8 Å². The van der Waals surface area contributed by atoms with E-state index in [1.54, 1.807) is 0 Å². The number of aliphatic hydroxyl groups excluding tert-OH is 1. The van der Waals surface area contributed by atoms with Crippen molar-refractivity contribution in [3.8, 4) is 6.07 Å². The van der Waals surface area contributed by atoms with Crippen LogP contribution in [-0.4, -0.2) is 35.0 Å². The average molecular weight is 329 g/mol. The van der Waals surface area contributed by atoms with E-state index in [0.717, 1.165) is 6.07 Å². The van der Waals surface area contributed by atoms with Gasteiger partial charge in [-0.2, -0.15) is 5.26 Å². The fraction of sp³-hybridized carbons (Fsp3) is 0.154. The van der Waals surface area contributed by atoms with Gasteiger partial charge in [-0.15, -0.1) is 0 Å². The van der Waals surface area contributed by atoms with Gasteiger partial charge in [-0.25, -0.2) is 17.6 Å². The van der Waals surface area contributed by atoms with Gasteiger partial charge >= 0.3 is 0 Å². The van der Waals surface area contributed by atoms with Gasteiger partial charge in [0.2, 0.25) is 0 Å². The van der Waals surface area contributed by atoms with Crippen molar-refractivity contribution in [2.45, 2.75) is 0 Å². The van der Waals surface area contributed by atoms with Crippen LogP contribution in [0.4, 0.5) is 23.2 Å². The lowest BCUT2D eigenvalue weighted by atomic mass is 10.1. The van der Waals surface area contributed by atoms with Crippen LogP contribution in [0.25, 0.3) is 0 Å². The summed E-state index contributed by atoms with van der Waals surface area (Å²) >= 11 is 0. The lowest BCUT2D eigenvalue weighted by molar-refractivity contribution is -0.137. The number of hydrogen-bond acceptors (Lipinski definition) is 5. The molecule has 1 aliphatic rings. The van der Waals surface area contributed by atoms with E-state index in [0.29, 0.717) is 11.0 Å². The normalized spacial score (nSPS) is 14.1. The Bertz CT molecular complexity index is 757. The number of β-amino-alcohol motifs (C(OH)–C–C–N with tert-alkyl or cyclic N) is 1. The van der Waals surface area contributed by atoms with E-state index >= 15 is 0 Å². The fourth-order valence-corrected chi connectivity index (χ4v) is 1.88. The summed E-state index contributed by atoms with van der Waals surface area (Å²) in [6, 6.07) is 0.976. The Morgan fingerprint density at radius 1 is 1.13 bits per heavy atom. The van der Waals surface area contributed by atoms with E-state index in [2.05, 4.69) is 0 Å². The van der Waals surface area contributed by atoms with Crippen LogP contribution in [0, 0.1) is 34.6 Å². The Labute approximate surface area is 126 Å². The predicted octanol–water partition coefficient (Wildman–Crippen LogP) is 0.772. The molecule has 2 amide bonds. The zero-order valence-electron chi connectivity index (χ0n) is 11.2. The van der Waals surface area contributed by atoms with Crippen molar-refractivity contribution >= 4 is 17.5 Å². The number of anilines is 1. The highest BCUT2D eigenvalue weighted by Crippen LogP contribution is 2.29. The number of carbonyl (C=O) groups is 2. The molecule has 0 aliphatic carbocycles. The molecule has 0 spiro atoms. The van der Waals surface area contributed by atoms with E-state index in [9.17, 15) is 27.2 Å². The molecule has 120 valence electrons. The first kappa shape index (κ1) is 16.4. The topological polar surface area (TPSA) is 93.4 Å². The Kier molecular flexibility index (Phi) is 4.33. The number of hydrogen-bond donors (Lipinski definition) is 2. The molecule has 6 nitrogen and oxygen atoms in total. The monoisotopic (exact) mass is 329 g/mol. The van der Waals surface area contributed by atoms with Crippen molar-refractivity contribution in [3.05, 3.63) is 40.6 Å². The number of carbonyl (C=O) groups excluding carboxylic acids is 2. The van der Waals surface area contributed by atoms with Gasteiger partial charge in [-0.05, 0) is 0 Å². The second-order valence-electron chi connectivity index (χ2n) is 4.32. The number of rotatable bonds is 4. The summed E-state index contributed by atoms with van der Waals surface area (Å²) in [5.41, 5.74) is -3.43. The number of nitriles is 1. The molecule has 2 rings (SSSR count). The molecule has 0 aromatic heterocycles. The summed E-state index contributed by atoms with van der Waals surface area (Å²) in [4.78, 5) is 23.8. The van der Waals surface area contributed by atoms with E-state index in [1.165, 1.54) is 0 Å². The molecule has 1 aromatic rings. The van der Waals surface area contributed by atoms with Gasteiger partial charge in [0.05, 0.1) is 13.2 Å². The van der Waals surface area contributed by atoms with Crippen LogP contribution in [0.5, 0.6) is 0 Å². The summed E-state index contributed by atoms with van der Waals surface area (Å²) < 4.78 is 54.5. The lowest BCUT2D eigenvalue weighted by Gasteiger charge is -2.14. The van der Waals surface area contributed by atoms with Crippen LogP contribution in [0.1, 0.15) is 5.56 Å². The molecule has 23 heavy (non-hydrogen) atoms. The number of nitrogens with one attached hydrogen (secondary N) is 1. The van der Waals surface area contributed by atoms with Crippen molar-refractivity contribution in [1.82, 2.24) is 4.90 Å². The minimum absolute atomic E-state index is 0.361. The SMILES string of the molecule is N#Cc1c(F)c(F)c(NC2=CC(=O)N(CCO)C2=O)c(F)c1F. The number of imide groups is 1. The number of amides is 2. The molecular weight excluding hydrogens is 322 g/mol. The summed E-state index contributed by atoms with van der Waals surface area (Å²) in [6.45, 7) is -0.901. The summed E-state index contributed by atoms with van der Waals surface area (Å²) in [5.74, 6) is -9.60. The van der Waals surface area contributed by atoms with Gasteiger partial charge in [-0.3, -0.25) is 14.5 Å². The molecule has 1 heterocycles. The van der Waals surface area contributed by atoms with Crippen molar-refractivity contribution in [2.75, 3.05) is 18.5 Å². The summed E-state index contributed by atoms with van der Waals surface area (Å²) in [6.07, 6.45) is 0.658. The van der Waals surface area contributed by atoms with Crippen LogP contribution in [-0.2, 0) is 9.59 Å². The number of aliphatic hydroxyl groups is 1. The molecule has 2 N–H and O–H groups in total. The van der Waals surface area contributed by atoms with E-state index in [4.69, 9.17) is 10.4 Å². The molecule has 0 fully saturated rings. The summed E-state index contributed by atoms with van der Waals surface area (Å²) in [5, 5.41) is 19.0. The molecule has 1 aliphatic heterocycles. The number of benzene rings is 1. The zero-order chi connectivity index (χ0) is 17.3. The standard InChI is InChI=1S/C13H7F4N3O3/c14-8-5(4-18)9(15)11(17)12(10(8)16)19-6-3-7(22)20(1-2-21)13(6)23/h3,19,21H,1-2H2. The van der Waals surface area contributed by atoms with Gasteiger partial charge in [-0.1, -0.05) is 0 Å². The molecule has 1 aromatic carbocycles. The van der Waals surface area contributed by atoms with Crippen molar-refractivity contribution in [2.24, 2.45) is 0 Å². The first-order valence-corrected chi connectivity index (χ1v) is 6.04. The molecule has 0 saturated heterocycles. The lowest BCUT2D eigenvalue weighted by Crippen LogP contribution is -2.34. The fourth-order valence-electron chi connectivity index (χ4n) is 1.88. The molecule has 10 heteroatoms. The maximum absolute atomic E-state index is 13.7. The zero-order valence-corrected chi connectivity index (χ0v) is 11.2. The van der Waals surface area contributed by atoms with Gasteiger partial charge in [0.15, 0.2) is 23.3 Å². The molecule has 0 bridgehead atoms. The van der Waals surface area contributed by atoms with E-state index in [-0.39, 0.29) is 6.54 Å². The van der Waals surface area contributed by atoms with Gasteiger partial charge in [0, 0.05) is 6.08 Å².